The average Bonchev–Trinajstić information content (AvgIpc) is 2.50. The number of halogens is 2. The van der Waals surface area contributed by atoms with Gasteiger partial charge in [-0.1, -0.05) is 40.8 Å². The Morgan fingerprint density at radius 1 is 1.05 bits per heavy atom. The maximum absolute atomic E-state index is 6.04. The first kappa shape index (κ1) is 15.9. The molecule has 1 heterocycles. The maximum Gasteiger partial charge on any atom is 0.487 e. The maximum atomic E-state index is 6.04. The van der Waals surface area contributed by atoms with Gasteiger partial charge in [-0.15, -0.1) is 0 Å². The fraction of sp³-hybridized carbons (Fsp3) is 0.467. The summed E-state index contributed by atoms with van der Waals surface area (Å²) in [6.07, 6.45) is 0. The van der Waals surface area contributed by atoms with Crippen LogP contribution in [0.3, 0.4) is 0 Å². The Kier molecular flexibility index (Phi) is 4.28. The predicted octanol–water partition coefficient (Wildman–Crippen LogP) is 5.03. The lowest BCUT2D eigenvalue weighted by Crippen LogP contribution is -2.41. The number of benzene rings is 1. The third-order valence-electron chi connectivity index (χ3n) is 4.03. The van der Waals surface area contributed by atoms with Crippen LogP contribution in [0.25, 0.3) is 5.57 Å². The van der Waals surface area contributed by atoms with Crippen molar-refractivity contribution in [3.63, 3.8) is 0 Å². The predicted molar refractivity (Wildman–Crippen MR) is 86.2 cm³/mol. The van der Waals surface area contributed by atoms with Crippen molar-refractivity contribution in [3.8, 4) is 0 Å². The second-order valence-corrected chi connectivity index (χ2v) is 6.92. The molecule has 2 rings (SSSR count). The number of hydrogen-bond donors (Lipinski definition) is 0. The van der Waals surface area contributed by atoms with Gasteiger partial charge in [-0.25, -0.2) is 0 Å². The zero-order valence-electron chi connectivity index (χ0n) is 12.5. The van der Waals surface area contributed by atoms with Gasteiger partial charge in [0.15, 0.2) is 0 Å². The quantitative estimate of drug-likeness (QED) is 0.713. The molecule has 0 bridgehead atoms. The van der Waals surface area contributed by atoms with E-state index in [1.54, 1.807) is 6.07 Å². The normalized spacial score (nSPS) is 21.4. The Bertz CT molecular complexity index is 537. The summed E-state index contributed by atoms with van der Waals surface area (Å²) >= 11 is 12.0. The van der Waals surface area contributed by atoms with Gasteiger partial charge >= 0.3 is 7.12 Å². The van der Waals surface area contributed by atoms with Crippen molar-refractivity contribution in [2.75, 3.05) is 0 Å². The van der Waals surface area contributed by atoms with Crippen molar-refractivity contribution in [2.45, 2.75) is 45.8 Å². The molecule has 0 radical (unpaired) electrons. The lowest BCUT2D eigenvalue weighted by molar-refractivity contribution is 0.00578. The minimum absolute atomic E-state index is 0.327. The van der Waals surface area contributed by atoms with Gasteiger partial charge in [0, 0.05) is 0 Å². The Morgan fingerprint density at radius 3 is 2.10 bits per heavy atom. The summed E-state index contributed by atoms with van der Waals surface area (Å²) in [5.41, 5.74) is 1.40. The monoisotopic (exact) mass is 312 g/mol. The average molecular weight is 313 g/mol. The molecular weight excluding hydrogens is 294 g/mol. The lowest BCUT2D eigenvalue weighted by atomic mass is 9.85. The topological polar surface area (TPSA) is 18.5 Å². The summed E-state index contributed by atoms with van der Waals surface area (Å²) in [5, 5.41) is 1.10. The van der Waals surface area contributed by atoms with Crippen LogP contribution in [0, 0.1) is 0 Å². The smallest absolute Gasteiger partial charge is 0.400 e. The molecule has 1 saturated heterocycles. The van der Waals surface area contributed by atoms with E-state index in [-0.39, 0.29) is 18.3 Å². The third kappa shape index (κ3) is 3.06. The highest BCUT2D eigenvalue weighted by molar-refractivity contribution is 6.53. The Morgan fingerprint density at radius 2 is 1.60 bits per heavy atom. The molecule has 0 spiro atoms. The van der Waals surface area contributed by atoms with Crippen molar-refractivity contribution in [3.05, 3.63) is 39.8 Å². The van der Waals surface area contributed by atoms with Crippen LogP contribution in [0.5, 0.6) is 0 Å². The molecule has 2 nitrogen and oxygen atoms in total. The van der Waals surface area contributed by atoms with Gasteiger partial charge in [0.25, 0.3) is 0 Å². The van der Waals surface area contributed by atoms with Crippen LogP contribution in [0.15, 0.2) is 24.2 Å². The van der Waals surface area contributed by atoms with Crippen LogP contribution in [0.4, 0.5) is 0 Å². The summed E-state index contributed by atoms with van der Waals surface area (Å²) < 4.78 is 11.9. The molecule has 0 unspecified atom stereocenters. The molecule has 1 fully saturated rings. The van der Waals surface area contributed by atoms with E-state index in [1.807, 2.05) is 52.7 Å². The van der Waals surface area contributed by atoms with E-state index < -0.39 is 0 Å². The first-order valence-corrected chi connectivity index (χ1v) is 7.37. The molecule has 0 atom stereocenters. The van der Waals surface area contributed by atoms with Gasteiger partial charge in [0.1, 0.15) is 0 Å². The lowest BCUT2D eigenvalue weighted by Gasteiger charge is -2.32. The van der Waals surface area contributed by atoms with E-state index in [1.165, 1.54) is 0 Å². The molecule has 1 aliphatic rings. The second kappa shape index (κ2) is 5.38. The van der Waals surface area contributed by atoms with Gasteiger partial charge < -0.3 is 9.31 Å². The van der Waals surface area contributed by atoms with Crippen LogP contribution >= 0.6 is 23.2 Å². The van der Waals surface area contributed by atoms with Crippen LogP contribution in [-0.2, 0) is 9.31 Å². The van der Waals surface area contributed by atoms with Crippen LogP contribution in [-0.4, -0.2) is 18.3 Å². The van der Waals surface area contributed by atoms with Gasteiger partial charge in [-0.3, -0.25) is 0 Å². The largest absolute Gasteiger partial charge is 0.487 e. The summed E-state index contributed by atoms with van der Waals surface area (Å²) in [6, 6.07) is 5.58. The van der Waals surface area contributed by atoms with Crippen LogP contribution in [0.1, 0.15) is 40.2 Å². The van der Waals surface area contributed by atoms with E-state index in [2.05, 4.69) is 0 Å². The highest BCUT2D eigenvalue weighted by atomic mass is 35.5. The summed E-state index contributed by atoms with van der Waals surface area (Å²) in [4.78, 5) is 0. The van der Waals surface area contributed by atoms with Gasteiger partial charge in [-0.05, 0) is 52.3 Å². The van der Waals surface area contributed by atoms with E-state index in [0.717, 1.165) is 11.1 Å². The Balaban J connectivity index is 2.22. The summed E-state index contributed by atoms with van der Waals surface area (Å²) in [6.45, 7) is 10.2. The zero-order valence-corrected chi connectivity index (χ0v) is 14.0. The molecule has 108 valence electrons. The first-order valence-electron chi connectivity index (χ1n) is 6.62. The number of allylic oxidation sites excluding steroid dienone is 1. The van der Waals surface area contributed by atoms with Crippen molar-refractivity contribution in [2.24, 2.45) is 0 Å². The molecule has 0 N–H and O–H groups in total. The highest BCUT2D eigenvalue weighted by Gasteiger charge is 2.50. The summed E-state index contributed by atoms with van der Waals surface area (Å²) in [5.74, 6) is 1.97. The highest BCUT2D eigenvalue weighted by Crippen LogP contribution is 2.37. The van der Waals surface area contributed by atoms with Crippen LogP contribution < -0.4 is 0 Å². The molecule has 0 aliphatic carbocycles. The zero-order chi connectivity index (χ0) is 15.1. The Hall–Kier alpha value is -0.475. The molecule has 0 saturated carbocycles. The molecule has 20 heavy (non-hydrogen) atoms. The van der Waals surface area contributed by atoms with Crippen molar-refractivity contribution in [1.82, 2.24) is 0 Å². The minimum atomic E-state index is -0.352. The second-order valence-electron chi connectivity index (χ2n) is 6.10. The fourth-order valence-electron chi connectivity index (χ4n) is 2.00. The van der Waals surface area contributed by atoms with Crippen molar-refractivity contribution in [1.29, 1.82) is 0 Å². The SMILES string of the molecule is C/C(=C/B1OC(C)(C)C(C)(C)O1)c1ccc(Cl)c(Cl)c1. The first-order chi connectivity index (χ1) is 9.12. The van der Waals surface area contributed by atoms with Crippen molar-refractivity contribution < 1.29 is 9.31 Å². The number of hydrogen-bond acceptors (Lipinski definition) is 2. The molecule has 5 heteroatoms. The molecule has 1 aromatic carbocycles. The Labute approximate surface area is 131 Å². The third-order valence-corrected chi connectivity index (χ3v) is 4.77. The molecular formula is C15H19BCl2O2. The van der Waals surface area contributed by atoms with Crippen LogP contribution in [0.2, 0.25) is 10.0 Å². The molecule has 0 amide bonds. The molecule has 1 aliphatic heterocycles. The minimum Gasteiger partial charge on any atom is -0.400 e. The standard InChI is InChI=1S/C15H19BCl2O2/c1-10(11-6-7-12(17)13(18)8-11)9-16-19-14(2,3)15(4,5)20-16/h6-9H,1-5H3/b10-9-. The van der Waals surface area contributed by atoms with Gasteiger partial charge in [0.05, 0.1) is 21.2 Å². The van der Waals surface area contributed by atoms with E-state index in [0.29, 0.717) is 10.0 Å². The van der Waals surface area contributed by atoms with E-state index >= 15 is 0 Å². The van der Waals surface area contributed by atoms with Crippen molar-refractivity contribution >= 4 is 35.9 Å². The number of rotatable bonds is 2. The van der Waals surface area contributed by atoms with Gasteiger partial charge in [0.2, 0.25) is 0 Å². The molecule has 0 aromatic heterocycles. The fourth-order valence-corrected chi connectivity index (χ4v) is 2.30. The van der Waals surface area contributed by atoms with E-state index in [4.69, 9.17) is 32.5 Å². The van der Waals surface area contributed by atoms with E-state index in [9.17, 15) is 0 Å². The molecule has 1 aromatic rings. The summed E-state index contributed by atoms with van der Waals surface area (Å²) in [7, 11) is -0.352. The van der Waals surface area contributed by atoms with Gasteiger partial charge in [-0.2, -0.15) is 0 Å².